The third-order valence-electron chi connectivity index (χ3n) is 3.34. The summed E-state index contributed by atoms with van der Waals surface area (Å²) >= 11 is 12.0. The molecule has 0 unspecified atom stereocenters. The van der Waals surface area contributed by atoms with Crippen LogP contribution in [0.4, 0.5) is 5.82 Å². The van der Waals surface area contributed by atoms with Gasteiger partial charge >= 0.3 is 5.97 Å². The van der Waals surface area contributed by atoms with Crippen molar-refractivity contribution in [3.05, 3.63) is 16.1 Å². The Labute approximate surface area is 137 Å². The molecule has 22 heavy (non-hydrogen) atoms. The van der Waals surface area contributed by atoms with E-state index in [0.717, 1.165) is 0 Å². The summed E-state index contributed by atoms with van der Waals surface area (Å²) in [4.78, 5) is 26.9. The average molecular weight is 347 g/mol. The molecule has 0 bridgehead atoms. The minimum atomic E-state index is -0.876. The van der Waals surface area contributed by atoms with Crippen LogP contribution in [0.25, 0.3) is 0 Å². The average Bonchev–Trinajstić information content (AvgIpc) is 2.32. The third-order valence-corrected chi connectivity index (χ3v) is 3.90. The first-order valence-electron chi connectivity index (χ1n) is 6.84. The molecule has 0 aliphatic heterocycles. The molecule has 6 nitrogen and oxygen atoms in total. The summed E-state index contributed by atoms with van der Waals surface area (Å²) < 4.78 is 5.44. The van der Waals surface area contributed by atoms with Crippen LogP contribution in [0.1, 0.15) is 26.7 Å². The molecular weight excluding hydrogens is 331 g/mol. The van der Waals surface area contributed by atoms with Gasteiger partial charge in [-0.3, -0.25) is 9.59 Å². The second-order valence-electron chi connectivity index (χ2n) is 5.47. The van der Waals surface area contributed by atoms with Gasteiger partial charge in [0, 0.05) is 5.92 Å². The van der Waals surface area contributed by atoms with Crippen LogP contribution < -0.4 is 10.1 Å². The lowest BCUT2D eigenvalue weighted by atomic mass is 9.74. The standard InChI is InChI=1S/C14H16Cl2N2O4/c1-6(2)22-13-10(16)5-9(15)11(18-13)17-12(19)7-3-8(4-7)14(20)21/h5-8H,3-4H2,1-2H3,(H,20,21)(H,17,18,19). The number of anilines is 1. The van der Waals surface area contributed by atoms with E-state index in [4.69, 9.17) is 33.0 Å². The monoisotopic (exact) mass is 346 g/mol. The van der Waals surface area contributed by atoms with Crippen LogP contribution in [0, 0.1) is 11.8 Å². The highest BCUT2D eigenvalue weighted by atomic mass is 35.5. The lowest BCUT2D eigenvalue weighted by Crippen LogP contribution is -2.38. The first-order valence-corrected chi connectivity index (χ1v) is 7.60. The Hall–Kier alpha value is -1.53. The maximum atomic E-state index is 12.1. The number of nitrogens with zero attached hydrogens (tertiary/aromatic N) is 1. The molecule has 1 aromatic heterocycles. The molecule has 1 aliphatic carbocycles. The van der Waals surface area contributed by atoms with Crippen molar-refractivity contribution in [2.24, 2.45) is 11.8 Å². The van der Waals surface area contributed by atoms with Gasteiger partial charge in [0.15, 0.2) is 5.82 Å². The molecule has 8 heteroatoms. The summed E-state index contributed by atoms with van der Waals surface area (Å²) in [6.45, 7) is 3.65. The summed E-state index contributed by atoms with van der Waals surface area (Å²) in [6, 6.07) is 1.45. The summed E-state index contributed by atoms with van der Waals surface area (Å²) in [5, 5.41) is 11.9. The molecule has 0 atom stereocenters. The van der Waals surface area contributed by atoms with Crippen LogP contribution in [-0.2, 0) is 9.59 Å². The lowest BCUT2D eigenvalue weighted by Gasteiger charge is -2.30. The second-order valence-corrected chi connectivity index (χ2v) is 6.28. The van der Waals surface area contributed by atoms with Crippen molar-refractivity contribution in [3.63, 3.8) is 0 Å². The number of hydrogen-bond donors (Lipinski definition) is 2. The van der Waals surface area contributed by atoms with Gasteiger partial charge in [0.1, 0.15) is 5.02 Å². The highest BCUT2D eigenvalue weighted by Crippen LogP contribution is 2.36. The fraction of sp³-hybridized carbons (Fsp3) is 0.500. The molecule has 0 spiro atoms. The molecule has 0 aromatic carbocycles. The number of carboxylic acids is 1. The Morgan fingerprint density at radius 2 is 1.95 bits per heavy atom. The number of carbonyl (C=O) groups excluding carboxylic acids is 1. The summed E-state index contributed by atoms with van der Waals surface area (Å²) in [5.41, 5.74) is 0. The Kier molecular flexibility index (Phi) is 5.13. The molecule has 1 saturated carbocycles. The number of carboxylic acid groups (broad SMARTS) is 1. The van der Waals surface area contributed by atoms with E-state index in [-0.39, 0.29) is 39.7 Å². The van der Waals surface area contributed by atoms with Crippen molar-refractivity contribution < 1.29 is 19.4 Å². The molecule has 1 amide bonds. The zero-order chi connectivity index (χ0) is 16.4. The van der Waals surface area contributed by atoms with Crippen LogP contribution in [0.15, 0.2) is 6.07 Å². The van der Waals surface area contributed by atoms with Gasteiger partial charge in [0.2, 0.25) is 11.8 Å². The Morgan fingerprint density at radius 3 is 2.50 bits per heavy atom. The van der Waals surface area contributed by atoms with Gasteiger partial charge in [-0.05, 0) is 32.8 Å². The van der Waals surface area contributed by atoms with E-state index >= 15 is 0 Å². The maximum Gasteiger partial charge on any atom is 0.306 e. The van der Waals surface area contributed by atoms with Crippen molar-refractivity contribution >= 4 is 40.9 Å². The van der Waals surface area contributed by atoms with Gasteiger partial charge in [0.05, 0.1) is 17.0 Å². The number of ether oxygens (including phenoxy) is 1. The van der Waals surface area contributed by atoms with Gasteiger partial charge in [-0.15, -0.1) is 0 Å². The van der Waals surface area contributed by atoms with Crippen molar-refractivity contribution in [2.75, 3.05) is 5.32 Å². The SMILES string of the molecule is CC(C)Oc1nc(NC(=O)C2CC(C(=O)O)C2)c(Cl)cc1Cl. The number of amides is 1. The molecule has 1 aliphatic rings. The van der Waals surface area contributed by atoms with Gasteiger partial charge in [-0.2, -0.15) is 4.98 Å². The molecule has 1 aromatic rings. The molecule has 1 heterocycles. The van der Waals surface area contributed by atoms with Crippen LogP contribution in [0.2, 0.25) is 10.0 Å². The highest BCUT2D eigenvalue weighted by molar-refractivity contribution is 6.37. The smallest absolute Gasteiger partial charge is 0.306 e. The topological polar surface area (TPSA) is 88.5 Å². The van der Waals surface area contributed by atoms with E-state index in [1.165, 1.54) is 6.07 Å². The van der Waals surface area contributed by atoms with Crippen LogP contribution in [0.3, 0.4) is 0 Å². The number of rotatable bonds is 5. The van der Waals surface area contributed by atoms with Crippen molar-refractivity contribution in [1.82, 2.24) is 4.98 Å². The van der Waals surface area contributed by atoms with Gasteiger partial charge in [0.25, 0.3) is 0 Å². The fourth-order valence-electron chi connectivity index (χ4n) is 2.10. The predicted molar refractivity (Wildman–Crippen MR) is 82.5 cm³/mol. The van der Waals surface area contributed by atoms with Crippen molar-refractivity contribution in [1.29, 1.82) is 0 Å². The lowest BCUT2D eigenvalue weighted by molar-refractivity contribution is -0.147. The van der Waals surface area contributed by atoms with Gasteiger partial charge in [-0.1, -0.05) is 23.2 Å². The van der Waals surface area contributed by atoms with Gasteiger partial charge in [-0.25, -0.2) is 0 Å². The summed E-state index contributed by atoms with van der Waals surface area (Å²) in [5.74, 6) is -1.63. The molecule has 1 fully saturated rings. The Morgan fingerprint density at radius 1 is 1.32 bits per heavy atom. The zero-order valence-electron chi connectivity index (χ0n) is 12.1. The molecule has 120 valence electrons. The van der Waals surface area contributed by atoms with Crippen molar-refractivity contribution in [3.8, 4) is 5.88 Å². The summed E-state index contributed by atoms with van der Waals surface area (Å²) in [7, 11) is 0. The predicted octanol–water partition coefficient (Wildman–Crippen LogP) is 3.22. The largest absolute Gasteiger partial charge is 0.481 e. The van der Waals surface area contributed by atoms with Crippen LogP contribution >= 0.6 is 23.2 Å². The normalized spacial score (nSPS) is 20.4. The van der Waals surface area contributed by atoms with E-state index in [1.54, 1.807) is 0 Å². The Balaban J connectivity index is 2.06. The van der Waals surface area contributed by atoms with E-state index in [0.29, 0.717) is 12.8 Å². The first kappa shape index (κ1) is 16.8. The number of nitrogens with one attached hydrogen (secondary N) is 1. The molecule has 0 radical (unpaired) electrons. The third kappa shape index (κ3) is 3.81. The summed E-state index contributed by atoms with van der Waals surface area (Å²) in [6.07, 6.45) is 0.515. The number of hydrogen-bond acceptors (Lipinski definition) is 4. The minimum Gasteiger partial charge on any atom is -0.481 e. The zero-order valence-corrected chi connectivity index (χ0v) is 13.6. The maximum absolute atomic E-state index is 12.1. The molecule has 0 saturated heterocycles. The Bertz CT molecular complexity index is 601. The van der Waals surface area contributed by atoms with Crippen LogP contribution in [0.5, 0.6) is 5.88 Å². The van der Waals surface area contributed by atoms with Crippen molar-refractivity contribution in [2.45, 2.75) is 32.8 Å². The highest BCUT2D eigenvalue weighted by Gasteiger charge is 2.39. The number of pyridine rings is 1. The number of aromatic nitrogens is 1. The second kappa shape index (κ2) is 6.71. The number of aliphatic carboxylic acids is 1. The van der Waals surface area contributed by atoms with E-state index in [1.807, 2.05) is 13.8 Å². The molecule has 2 N–H and O–H groups in total. The number of halogens is 2. The minimum absolute atomic E-state index is 0.127. The first-order chi connectivity index (χ1) is 10.3. The van der Waals surface area contributed by atoms with E-state index < -0.39 is 11.9 Å². The van der Waals surface area contributed by atoms with E-state index in [9.17, 15) is 9.59 Å². The van der Waals surface area contributed by atoms with Crippen LogP contribution in [-0.4, -0.2) is 28.1 Å². The quantitative estimate of drug-likeness (QED) is 0.854. The van der Waals surface area contributed by atoms with Gasteiger partial charge < -0.3 is 15.2 Å². The fourth-order valence-corrected chi connectivity index (χ4v) is 2.55. The molecule has 2 rings (SSSR count). The number of carbonyl (C=O) groups is 2. The van der Waals surface area contributed by atoms with E-state index in [2.05, 4.69) is 10.3 Å². The molecular formula is C14H16Cl2N2O4.